The van der Waals surface area contributed by atoms with Crippen LogP contribution in [-0.2, 0) is 0 Å². The lowest BCUT2D eigenvalue weighted by Crippen LogP contribution is -2.06. The van der Waals surface area contributed by atoms with Crippen LogP contribution in [-0.4, -0.2) is 0 Å². The lowest BCUT2D eigenvalue weighted by Gasteiger charge is -2.20. The third-order valence-electron chi connectivity index (χ3n) is 4.62. The largest absolute Gasteiger partial charge is 0.0654 e. The molecular formula is C18H38. The highest BCUT2D eigenvalue weighted by Crippen LogP contribution is 2.25. The number of hydrogen-bond acceptors (Lipinski definition) is 0. The first-order valence-electron chi connectivity index (χ1n) is 8.63. The Bertz CT molecular complexity index is 161. The van der Waals surface area contributed by atoms with Crippen molar-refractivity contribution in [1.29, 1.82) is 0 Å². The molecule has 0 nitrogen and oxygen atoms in total. The van der Waals surface area contributed by atoms with E-state index in [1.165, 1.54) is 64.2 Å². The van der Waals surface area contributed by atoms with E-state index in [0.29, 0.717) is 0 Å². The van der Waals surface area contributed by atoms with Crippen molar-refractivity contribution in [3.05, 3.63) is 0 Å². The molecule has 110 valence electrons. The van der Waals surface area contributed by atoms with Gasteiger partial charge in [-0.2, -0.15) is 0 Å². The van der Waals surface area contributed by atoms with Crippen molar-refractivity contribution in [2.24, 2.45) is 17.8 Å². The zero-order valence-electron chi connectivity index (χ0n) is 13.8. The summed E-state index contributed by atoms with van der Waals surface area (Å²) in [5.41, 5.74) is 0. The molecule has 0 radical (unpaired) electrons. The zero-order valence-corrected chi connectivity index (χ0v) is 13.8. The molecule has 3 atom stereocenters. The maximum absolute atomic E-state index is 2.47. The van der Waals surface area contributed by atoms with Gasteiger partial charge in [0.25, 0.3) is 0 Å². The number of unbranched alkanes of at least 4 members (excludes halogenated alkanes) is 2. The van der Waals surface area contributed by atoms with Gasteiger partial charge in [0.15, 0.2) is 0 Å². The van der Waals surface area contributed by atoms with Crippen LogP contribution >= 0.6 is 0 Å². The molecule has 0 spiro atoms. The quantitative estimate of drug-likeness (QED) is 0.335. The molecule has 0 fully saturated rings. The summed E-state index contributed by atoms with van der Waals surface area (Å²) < 4.78 is 0. The lowest BCUT2D eigenvalue weighted by atomic mass is 9.86. The highest BCUT2D eigenvalue weighted by Gasteiger charge is 2.11. The summed E-state index contributed by atoms with van der Waals surface area (Å²) in [6.45, 7) is 11.9. The predicted molar refractivity (Wildman–Crippen MR) is 85.0 cm³/mol. The van der Waals surface area contributed by atoms with Gasteiger partial charge in [0, 0.05) is 0 Å². The maximum atomic E-state index is 2.47. The molecule has 0 aliphatic heterocycles. The normalized spacial score (nSPS) is 16.5. The molecule has 0 heteroatoms. The van der Waals surface area contributed by atoms with Gasteiger partial charge in [-0.3, -0.25) is 0 Å². The minimum absolute atomic E-state index is 0.934. The Morgan fingerprint density at radius 3 is 1.89 bits per heavy atom. The van der Waals surface area contributed by atoms with E-state index in [-0.39, 0.29) is 0 Å². The standard InChI is InChI=1S/C18H38/c1-6-9-10-14-18(8-3)15-17(5)13-11-12-16(4)7-2/h16-18H,6-15H2,1-5H3. The molecule has 0 heterocycles. The smallest absolute Gasteiger partial charge is 0.0414 e. The fourth-order valence-electron chi connectivity index (χ4n) is 2.88. The average Bonchev–Trinajstić information content (AvgIpc) is 2.37. The van der Waals surface area contributed by atoms with Gasteiger partial charge in [-0.25, -0.2) is 0 Å². The van der Waals surface area contributed by atoms with Crippen LogP contribution in [0.4, 0.5) is 0 Å². The minimum Gasteiger partial charge on any atom is -0.0654 e. The van der Waals surface area contributed by atoms with Crippen molar-refractivity contribution < 1.29 is 0 Å². The van der Waals surface area contributed by atoms with Crippen LogP contribution in [0.15, 0.2) is 0 Å². The Labute approximate surface area is 117 Å². The highest BCUT2D eigenvalue weighted by molar-refractivity contribution is 4.64. The van der Waals surface area contributed by atoms with Crippen molar-refractivity contribution in [3.8, 4) is 0 Å². The Hall–Kier alpha value is 0. The number of rotatable bonds is 12. The summed E-state index contributed by atoms with van der Waals surface area (Å²) >= 11 is 0. The summed E-state index contributed by atoms with van der Waals surface area (Å²) in [6.07, 6.45) is 14.3. The molecule has 0 saturated heterocycles. The predicted octanol–water partition coefficient (Wildman–Crippen LogP) is 6.84. The first kappa shape index (κ1) is 18.0. The zero-order chi connectivity index (χ0) is 13.8. The molecule has 18 heavy (non-hydrogen) atoms. The van der Waals surface area contributed by atoms with Crippen LogP contribution in [0.1, 0.15) is 98.8 Å². The van der Waals surface area contributed by atoms with Gasteiger partial charge in [-0.15, -0.1) is 0 Å². The van der Waals surface area contributed by atoms with Gasteiger partial charge < -0.3 is 0 Å². The molecule has 0 amide bonds. The van der Waals surface area contributed by atoms with Gasteiger partial charge in [-0.1, -0.05) is 92.4 Å². The first-order chi connectivity index (χ1) is 8.63. The molecule has 0 saturated carbocycles. The third-order valence-corrected chi connectivity index (χ3v) is 4.62. The second kappa shape index (κ2) is 12.1. The summed E-state index contributed by atoms with van der Waals surface area (Å²) in [4.78, 5) is 0. The molecule has 0 rings (SSSR count). The van der Waals surface area contributed by atoms with Crippen LogP contribution < -0.4 is 0 Å². The Morgan fingerprint density at radius 1 is 0.667 bits per heavy atom. The monoisotopic (exact) mass is 254 g/mol. The van der Waals surface area contributed by atoms with Gasteiger partial charge in [-0.05, 0) is 24.2 Å². The van der Waals surface area contributed by atoms with Crippen molar-refractivity contribution in [2.75, 3.05) is 0 Å². The first-order valence-corrected chi connectivity index (χ1v) is 8.63. The topological polar surface area (TPSA) is 0 Å². The van der Waals surface area contributed by atoms with Gasteiger partial charge >= 0.3 is 0 Å². The molecular weight excluding hydrogens is 216 g/mol. The van der Waals surface area contributed by atoms with Crippen molar-refractivity contribution >= 4 is 0 Å². The lowest BCUT2D eigenvalue weighted by molar-refractivity contribution is 0.325. The van der Waals surface area contributed by atoms with Crippen LogP contribution in [0.2, 0.25) is 0 Å². The SMILES string of the molecule is CCCCCC(CC)CC(C)CCCC(C)CC. The Balaban J connectivity index is 3.65. The van der Waals surface area contributed by atoms with E-state index in [9.17, 15) is 0 Å². The highest BCUT2D eigenvalue weighted by atomic mass is 14.2. The molecule has 0 bridgehead atoms. The van der Waals surface area contributed by atoms with E-state index in [1.807, 2.05) is 0 Å². The van der Waals surface area contributed by atoms with Crippen LogP contribution in [0.3, 0.4) is 0 Å². The van der Waals surface area contributed by atoms with Crippen molar-refractivity contribution in [3.63, 3.8) is 0 Å². The molecule has 0 aromatic rings. The van der Waals surface area contributed by atoms with Gasteiger partial charge in [0.2, 0.25) is 0 Å². The average molecular weight is 255 g/mol. The van der Waals surface area contributed by atoms with Gasteiger partial charge in [0.05, 0.1) is 0 Å². The molecule has 0 aromatic carbocycles. The van der Waals surface area contributed by atoms with Crippen LogP contribution in [0, 0.1) is 17.8 Å². The molecule has 0 N–H and O–H groups in total. The van der Waals surface area contributed by atoms with Gasteiger partial charge in [0.1, 0.15) is 0 Å². The summed E-state index contributed by atoms with van der Waals surface area (Å²) in [7, 11) is 0. The molecule has 3 unspecified atom stereocenters. The van der Waals surface area contributed by atoms with Crippen molar-refractivity contribution in [1.82, 2.24) is 0 Å². The van der Waals surface area contributed by atoms with E-state index >= 15 is 0 Å². The Kier molecular flexibility index (Phi) is 12.1. The van der Waals surface area contributed by atoms with Crippen LogP contribution in [0.25, 0.3) is 0 Å². The van der Waals surface area contributed by atoms with E-state index in [0.717, 1.165) is 17.8 Å². The maximum Gasteiger partial charge on any atom is -0.0414 e. The third kappa shape index (κ3) is 9.97. The van der Waals surface area contributed by atoms with Crippen LogP contribution in [0.5, 0.6) is 0 Å². The van der Waals surface area contributed by atoms with E-state index in [4.69, 9.17) is 0 Å². The molecule has 0 aromatic heterocycles. The fraction of sp³-hybridized carbons (Fsp3) is 1.00. The second-order valence-corrected chi connectivity index (χ2v) is 6.56. The minimum atomic E-state index is 0.934. The Morgan fingerprint density at radius 2 is 1.33 bits per heavy atom. The van der Waals surface area contributed by atoms with E-state index in [2.05, 4.69) is 34.6 Å². The second-order valence-electron chi connectivity index (χ2n) is 6.56. The summed E-state index contributed by atoms with van der Waals surface area (Å²) in [5, 5.41) is 0. The van der Waals surface area contributed by atoms with E-state index < -0.39 is 0 Å². The van der Waals surface area contributed by atoms with Crippen molar-refractivity contribution in [2.45, 2.75) is 98.8 Å². The number of hydrogen-bond donors (Lipinski definition) is 0. The fourth-order valence-corrected chi connectivity index (χ4v) is 2.88. The molecule has 0 aliphatic carbocycles. The summed E-state index contributed by atoms with van der Waals surface area (Å²) in [5.74, 6) is 2.87. The van der Waals surface area contributed by atoms with E-state index in [1.54, 1.807) is 0 Å². The summed E-state index contributed by atoms with van der Waals surface area (Å²) in [6, 6.07) is 0. The molecule has 0 aliphatic rings.